The average Bonchev–Trinajstić information content (AvgIpc) is 2.48. The van der Waals surface area contributed by atoms with E-state index in [0.29, 0.717) is 12.1 Å². The first-order chi connectivity index (χ1) is 10.4. The lowest BCUT2D eigenvalue weighted by atomic mass is 10.1. The monoisotopic (exact) mass is 310 g/mol. The molecule has 1 aromatic heterocycles. The van der Waals surface area contributed by atoms with E-state index in [9.17, 15) is 13.2 Å². The molecule has 1 heterocycles. The van der Waals surface area contributed by atoms with E-state index in [2.05, 4.69) is 9.72 Å². The van der Waals surface area contributed by atoms with E-state index in [1.807, 2.05) is 31.0 Å². The van der Waals surface area contributed by atoms with Gasteiger partial charge in [0.25, 0.3) is 0 Å². The summed E-state index contributed by atoms with van der Waals surface area (Å²) in [6, 6.07) is 10.0. The van der Waals surface area contributed by atoms with Gasteiger partial charge in [0.2, 0.25) is 0 Å². The maximum absolute atomic E-state index is 12.4. The third-order valence-corrected chi connectivity index (χ3v) is 3.47. The number of alkyl halides is 3. The fraction of sp³-hybridized carbons (Fsp3) is 0.312. The number of rotatable bonds is 5. The Morgan fingerprint density at radius 2 is 1.77 bits per heavy atom. The van der Waals surface area contributed by atoms with E-state index in [0.717, 1.165) is 5.56 Å². The van der Waals surface area contributed by atoms with Gasteiger partial charge in [-0.05, 0) is 37.7 Å². The predicted molar refractivity (Wildman–Crippen MR) is 77.2 cm³/mol. The molecule has 3 nitrogen and oxygen atoms in total. The highest BCUT2D eigenvalue weighted by Gasteiger charge is 2.32. The molecule has 0 amide bonds. The molecule has 6 heteroatoms. The van der Waals surface area contributed by atoms with Crippen molar-refractivity contribution in [2.75, 3.05) is 7.05 Å². The summed E-state index contributed by atoms with van der Waals surface area (Å²) in [7, 11) is 1.86. The van der Waals surface area contributed by atoms with Gasteiger partial charge in [-0.15, -0.1) is 13.2 Å². The molecule has 0 bridgehead atoms. The lowest BCUT2D eigenvalue weighted by molar-refractivity contribution is -0.275. The highest BCUT2D eigenvalue weighted by atomic mass is 19.4. The van der Waals surface area contributed by atoms with Crippen molar-refractivity contribution in [1.82, 2.24) is 9.88 Å². The van der Waals surface area contributed by atoms with Crippen LogP contribution >= 0.6 is 0 Å². The molecule has 0 fully saturated rings. The van der Waals surface area contributed by atoms with Crippen LogP contribution in [0.15, 0.2) is 48.8 Å². The molecule has 0 saturated carbocycles. The first-order valence-corrected chi connectivity index (χ1v) is 6.80. The second-order valence-electron chi connectivity index (χ2n) is 5.03. The highest BCUT2D eigenvalue weighted by Crippen LogP contribution is 2.28. The third-order valence-electron chi connectivity index (χ3n) is 3.47. The standard InChI is InChI=1S/C16H17F3N2O/c1-12(13-7-9-20-10-8-13)21(2)11-14-5-3-4-6-15(14)22-16(17,18)19/h3-10,12H,11H2,1-2H3. The quantitative estimate of drug-likeness (QED) is 0.828. The van der Waals surface area contributed by atoms with Crippen LogP contribution in [-0.2, 0) is 6.54 Å². The van der Waals surface area contributed by atoms with Crippen molar-refractivity contribution in [3.05, 3.63) is 59.9 Å². The van der Waals surface area contributed by atoms with Crippen molar-refractivity contribution in [2.45, 2.75) is 25.9 Å². The summed E-state index contributed by atoms with van der Waals surface area (Å²) in [4.78, 5) is 5.91. The fourth-order valence-corrected chi connectivity index (χ4v) is 2.16. The zero-order valence-electron chi connectivity index (χ0n) is 12.3. The van der Waals surface area contributed by atoms with Gasteiger partial charge in [-0.2, -0.15) is 0 Å². The second-order valence-corrected chi connectivity index (χ2v) is 5.03. The molecule has 0 spiro atoms. The van der Waals surface area contributed by atoms with E-state index in [-0.39, 0.29) is 11.8 Å². The first kappa shape index (κ1) is 16.3. The van der Waals surface area contributed by atoms with Crippen molar-refractivity contribution in [2.24, 2.45) is 0 Å². The molecule has 22 heavy (non-hydrogen) atoms. The van der Waals surface area contributed by atoms with Crippen LogP contribution in [0, 0.1) is 0 Å². The molecule has 0 aliphatic rings. The number of benzene rings is 1. The largest absolute Gasteiger partial charge is 0.573 e. The normalized spacial score (nSPS) is 13.2. The SMILES string of the molecule is CC(c1ccncc1)N(C)Cc1ccccc1OC(F)(F)F. The van der Waals surface area contributed by atoms with Crippen molar-refractivity contribution in [3.8, 4) is 5.75 Å². The molecular weight excluding hydrogens is 293 g/mol. The summed E-state index contributed by atoms with van der Waals surface area (Å²) in [5.41, 5.74) is 1.54. The third kappa shape index (κ3) is 4.46. The van der Waals surface area contributed by atoms with Crippen LogP contribution < -0.4 is 4.74 Å². The Morgan fingerprint density at radius 3 is 2.41 bits per heavy atom. The van der Waals surface area contributed by atoms with Gasteiger partial charge in [-0.3, -0.25) is 9.88 Å². The van der Waals surface area contributed by atoms with E-state index < -0.39 is 6.36 Å². The van der Waals surface area contributed by atoms with E-state index in [1.54, 1.807) is 24.5 Å². The van der Waals surface area contributed by atoms with Crippen LogP contribution in [0.4, 0.5) is 13.2 Å². The van der Waals surface area contributed by atoms with Crippen molar-refractivity contribution >= 4 is 0 Å². The molecule has 1 unspecified atom stereocenters. The second kappa shape index (κ2) is 6.79. The molecule has 2 rings (SSSR count). The highest BCUT2D eigenvalue weighted by molar-refractivity contribution is 5.33. The lowest BCUT2D eigenvalue weighted by Crippen LogP contribution is -2.23. The molecule has 0 saturated heterocycles. The van der Waals surface area contributed by atoms with Gasteiger partial charge < -0.3 is 4.74 Å². The Balaban J connectivity index is 2.13. The van der Waals surface area contributed by atoms with Gasteiger partial charge in [0, 0.05) is 30.5 Å². The maximum atomic E-state index is 12.4. The molecule has 0 N–H and O–H groups in total. The molecular formula is C16H17F3N2O. The predicted octanol–water partition coefficient (Wildman–Crippen LogP) is 4.17. The summed E-state index contributed by atoms with van der Waals surface area (Å²) in [5.74, 6) is -0.163. The maximum Gasteiger partial charge on any atom is 0.573 e. The Kier molecular flexibility index (Phi) is 5.03. The molecule has 0 aliphatic carbocycles. The minimum absolute atomic E-state index is 0.0435. The number of para-hydroxylation sites is 1. The number of hydrogen-bond donors (Lipinski definition) is 0. The average molecular weight is 310 g/mol. The van der Waals surface area contributed by atoms with Crippen LogP contribution in [0.25, 0.3) is 0 Å². The minimum Gasteiger partial charge on any atom is -0.405 e. The fourth-order valence-electron chi connectivity index (χ4n) is 2.16. The number of ether oxygens (including phenoxy) is 1. The summed E-state index contributed by atoms with van der Waals surface area (Å²) in [5, 5.41) is 0. The molecule has 1 atom stereocenters. The zero-order valence-corrected chi connectivity index (χ0v) is 12.3. The van der Waals surface area contributed by atoms with Gasteiger partial charge in [0.15, 0.2) is 0 Å². The number of hydrogen-bond acceptors (Lipinski definition) is 3. The van der Waals surface area contributed by atoms with Gasteiger partial charge in [-0.1, -0.05) is 18.2 Å². The molecule has 2 aromatic rings. The molecule has 0 aliphatic heterocycles. The Bertz CT molecular complexity index is 602. The van der Waals surface area contributed by atoms with Crippen LogP contribution in [0.5, 0.6) is 5.75 Å². The number of nitrogens with zero attached hydrogens (tertiary/aromatic N) is 2. The van der Waals surface area contributed by atoms with Gasteiger partial charge in [0.1, 0.15) is 5.75 Å². The van der Waals surface area contributed by atoms with E-state index >= 15 is 0 Å². The number of aromatic nitrogens is 1. The van der Waals surface area contributed by atoms with E-state index in [4.69, 9.17) is 0 Å². The Labute approximate surface area is 127 Å². The zero-order chi connectivity index (χ0) is 16.2. The summed E-state index contributed by atoms with van der Waals surface area (Å²) in [6.45, 7) is 2.33. The molecule has 118 valence electrons. The Hall–Kier alpha value is -2.08. The summed E-state index contributed by atoms with van der Waals surface area (Å²) >= 11 is 0. The van der Waals surface area contributed by atoms with Crippen LogP contribution in [-0.4, -0.2) is 23.3 Å². The smallest absolute Gasteiger partial charge is 0.405 e. The molecule has 0 radical (unpaired) electrons. The topological polar surface area (TPSA) is 25.4 Å². The van der Waals surface area contributed by atoms with Gasteiger partial charge in [-0.25, -0.2) is 0 Å². The molecule has 1 aromatic carbocycles. The first-order valence-electron chi connectivity index (χ1n) is 6.80. The van der Waals surface area contributed by atoms with Crippen molar-refractivity contribution in [3.63, 3.8) is 0 Å². The van der Waals surface area contributed by atoms with Crippen molar-refractivity contribution in [1.29, 1.82) is 0 Å². The summed E-state index contributed by atoms with van der Waals surface area (Å²) in [6.07, 6.45) is -1.30. The number of pyridine rings is 1. The van der Waals surface area contributed by atoms with Crippen LogP contribution in [0.1, 0.15) is 24.1 Å². The minimum atomic E-state index is -4.69. The van der Waals surface area contributed by atoms with Crippen LogP contribution in [0.2, 0.25) is 0 Å². The van der Waals surface area contributed by atoms with Crippen LogP contribution in [0.3, 0.4) is 0 Å². The van der Waals surface area contributed by atoms with Gasteiger partial charge in [0.05, 0.1) is 0 Å². The number of halogens is 3. The van der Waals surface area contributed by atoms with Crippen molar-refractivity contribution < 1.29 is 17.9 Å². The van der Waals surface area contributed by atoms with E-state index in [1.165, 1.54) is 12.1 Å². The summed E-state index contributed by atoms with van der Waals surface area (Å²) < 4.78 is 41.4. The Morgan fingerprint density at radius 1 is 1.14 bits per heavy atom. The lowest BCUT2D eigenvalue weighted by Gasteiger charge is -2.26. The van der Waals surface area contributed by atoms with Gasteiger partial charge >= 0.3 is 6.36 Å².